The van der Waals surface area contributed by atoms with Crippen molar-refractivity contribution in [2.45, 2.75) is 64.8 Å². The Hall–Kier alpha value is -1.32. The Morgan fingerprint density at radius 1 is 1.11 bits per heavy atom. The molecule has 2 rings (SSSR count). The molecule has 19 heavy (non-hydrogen) atoms. The molecular formula is C15H26N4. The van der Waals surface area contributed by atoms with Gasteiger partial charge in [-0.15, -0.1) is 0 Å². The maximum Gasteiger partial charge on any atom is 0.135 e. The van der Waals surface area contributed by atoms with Crippen LogP contribution in [0.25, 0.3) is 0 Å². The molecule has 1 heterocycles. The summed E-state index contributed by atoms with van der Waals surface area (Å²) < 4.78 is 0. The van der Waals surface area contributed by atoms with Gasteiger partial charge in [0.05, 0.1) is 0 Å². The molecule has 1 aliphatic carbocycles. The van der Waals surface area contributed by atoms with Gasteiger partial charge in [0, 0.05) is 24.6 Å². The second-order valence-electron chi connectivity index (χ2n) is 5.81. The van der Waals surface area contributed by atoms with Gasteiger partial charge >= 0.3 is 0 Å². The molecule has 0 saturated heterocycles. The minimum absolute atomic E-state index is 0.188. The first-order chi connectivity index (χ1) is 9.08. The van der Waals surface area contributed by atoms with Crippen LogP contribution >= 0.6 is 0 Å². The molecule has 0 aliphatic heterocycles. The van der Waals surface area contributed by atoms with Gasteiger partial charge in [-0.05, 0) is 26.7 Å². The third kappa shape index (κ3) is 3.17. The number of rotatable bonds is 4. The second kappa shape index (κ2) is 5.76. The molecule has 2 N–H and O–H groups in total. The van der Waals surface area contributed by atoms with E-state index in [0.29, 0.717) is 0 Å². The lowest BCUT2D eigenvalue weighted by Crippen LogP contribution is -2.37. The topological polar surface area (TPSA) is 49.8 Å². The zero-order chi connectivity index (χ0) is 13.9. The van der Waals surface area contributed by atoms with Crippen molar-refractivity contribution in [3.05, 3.63) is 11.4 Å². The van der Waals surface area contributed by atoms with E-state index in [2.05, 4.69) is 41.4 Å². The summed E-state index contributed by atoms with van der Waals surface area (Å²) in [6.45, 7) is 6.49. The van der Waals surface area contributed by atoms with Crippen LogP contribution in [0.1, 0.15) is 57.3 Å². The van der Waals surface area contributed by atoms with E-state index in [0.717, 1.165) is 29.4 Å². The van der Waals surface area contributed by atoms with Crippen LogP contribution in [-0.4, -0.2) is 22.6 Å². The van der Waals surface area contributed by atoms with E-state index in [-0.39, 0.29) is 5.54 Å². The van der Waals surface area contributed by atoms with Crippen LogP contribution in [0.15, 0.2) is 0 Å². The third-order valence-electron chi connectivity index (χ3n) is 4.12. The SMILES string of the molecule is CCc1nc(NC)c(C)c(NC2(C)CCCCC2)n1. The fourth-order valence-electron chi connectivity index (χ4n) is 2.83. The van der Waals surface area contributed by atoms with Crippen LogP contribution < -0.4 is 10.6 Å². The monoisotopic (exact) mass is 262 g/mol. The molecule has 0 aromatic carbocycles. The lowest BCUT2D eigenvalue weighted by atomic mass is 9.83. The highest BCUT2D eigenvalue weighted by atomic mass is 15.1. The summed E-state index contributed by atoms with van der Waals surface area (Å²) >= 11 is 0. The molecule has 0 spiro atoms. The van der Waals surface area contributed by atoms with Gasteiger partial charge in [-0.1, -0.05) is 26.2 Å². The van der Waals surface area contributed by atoms with E-state index in [1.54, 1.807) is 0 Å². The number of hydrogen-bond acceptors (Lipinski definition) is 4. The molecule has 0 radical (unpaired) electrons. The summed E-state index contributed by atoms with van der Waals surface area (Å²) in [6, 6.07) is 0. The van der Waals surface area contributed by atoms with Crippen molar-refractivity contribution in [2.24, 2.45) is 0 Å². The summed E-state index contributed by atoms with van der Waals surface area (Å²) in [4.78, 5) is 9.20. The molecule has 0 atom stereocenters. The zero-order valence-corrected chi connectivity index (χ0v) is 12.6. The van der Waals surface area contributed by atoms with E-state index >= 15 is 0 Å². The van der Waals surface area contributed by atoms with Crippen LogP contribution in [0, 0.1) is 6.92 Å². The van der Waals surface area contributed by atoms with Gasteiger partial charge < -0.3 is 10.6 Å². The van der Waals surface area contributed by atoms with Gasteiger partial charge in [0.25, 0.3) is 0 Å². The first-order valence-corrected chi connectivity index (χ1v) is 7.41. The molecule has 1 aromatic heterocycles. The van der Waals surface area contributed by atoms with Crippen molar-refractivity contribution in [3.8, 4) is 0 Å². The first-order valence-electron chi connectivity index (χ1n) is 7.41. The Kier molecular flexibility index (Phi) is 4.27. The smallest absolute Gasteiger partial charge is 0.135 e. The van der Waals surface area contributed by atoms with Crippen LogP contribution in [0.4, 0.5) is 11.6 Å². The highest BCUT2D eigenvalue weighted by Gasteiger charge is 2.27. The Morgan fingerprint density at radius 3 is 2.32 bits per heavy atom. The van der Waals surface area contributed by atoms with E-state index in [1.807, 2.05) is 7.05 Å². The van der Waals surface area contributed by atoms with Gasteiger partial charge in [-0.3, -0.25) is 0 Å². The van der Waals surface area contributed by atoms with Crippen LogP contribution in [-0.2, 0) is 6.42 Å². The van der Waals surface area contributed by atoms with Gasteiger partial charge in [-0.25, -0.2) is 9.97 Å². The summed E-state index contributed by atoms with van der Waals surface area (Å²) in [5.74, 6) is 2.84. The maximum absolute atomic E-state index is 4.68. The number of nitrogens with zero attached hydrogens (tertiary/aromatic N) is 2. The van der Waals surface area contributed by atoms with Crippen LogP contribution in [0.2, 0.25) is 0 Å². The largest absolute Gasteiger partial charge is 0.373 e. The third-order valence-corrected chi connectivity index (χ3v) is 4.12. The quantitative estimate of drug-likeness (QED) is 0.871. The van der Waals surface area contributed by atoms with Crippen LogP contribution in [0.5, 0.6) is 0 Å². The lowest BCUT2D eigenvalue weighted by Gasteiger charge is -2.35. The highest BCUT2D eigenvalue weighted by Crippen LogP contribution is 2.32. The van der Waals surface area contributed by atoms with Gasteiger partial charge in [0.2, 0.25) is 0 Å². The Labute approximate surface area is 116 Å². The number of aryl methyl sites for hydroxylation is 1. The second-order valence-corrected chi connectivity index (χ2v) is 5.81. The Bertz CT molecular complexity index is 436. The van der Waals surface area contributed by atoms with E-state index < -0.39 is 0 Å². The standard InChI is InChI=1S/C15H26N4/c1-5-12-17-13(16-4)11(2)14(18-12)19-15(3)9-7-6-8-10-15/h5-10H2,1-4H3,(H2,16,17,18,19). The van der Waals surface area contributed by atoms with E-state index in [4.69, 9.17) is 0 Å². The van der Waals surface area contributed by atoms with E-state index in [1.165, 1.54) is 32.1 Å². The first kappa shape index (κ1) is 14.1. The molecular weight excluding hydrogens is 236 g/mol. The molecule has 4 nitrogen and oxygen atoms in total. The predicted octanol–water partition coefficient (Wildman–Crippen LogP) is 3.52. The summed E-state index contributed by atoms with van der Waals surface area (Å²) in [5.41, 5.74) is 1.31. The number of anilines is 2. The average Bonchev–Trinajstić information content (AvgIpc) is 2.41. The highest BCUT2D eigenvalue weighted by molar-refractivity contribution is 5.58. The lowest BCUT2D eigenvalue weighted by molar-refractivity contribution is 0.348. The molecule has 0 amide bonds. The average molecular weight is 262 g/mol. The predicted molar refractivity (Wildman–Crippen MR) is 80.8 cm³/mol. The van der Waals surface area contributed by atoms with Gasteiger partial charge in [0.1, 0.15) is 17.5 Å². The van der Waals surface area contributed by atoms with Crippen molar-refractivity contribution in [1.29, 1.82) is 0 Å². The molecule has 0 bridgehead atoms. The number of aromatic nitrogens is 2. The minimum Gasteiger partial charge on any atom is -0.373 e. The summed E-state index contributed by atoms with van der Waals surface area (Å²) in [7, 11) is 1.92. The fraction of sp³-hybridized carbons (Fsp3) is 0.733. The number of nitrogens with one attached hydrogen (secondary N) is 2. The number of hydrogen-bond donors (Lipinski definition) is 2. The van der Waals surface area contributed by atoms with Crippen LogP contribution in [0.3, 0.4) is 0 Å². The fourth-order valence-corrected chi connectivity index (χ4v) is 2.83. The maximum atomic E-state index is 4.68. The van der Waals surface area contributed by atoms with Crippen molar-refractivity contribution >= 4 is 11.6 Å². The molecule has 1 aromatic rings. The summed E-state index contributed by atoms with van der Waals surface area (Å²) in [5, 5.41) is 6.85. The molecule has 0 unspecified atom stereocenters. The normalized spacial score (nSPS) is 18.1. The molecule has 1 aliphatic rings. The van der Waals surface area contributed by atoms with Crippen molar-refractivity contribution in [1.82, 2.24) is 9.97 Å². The van der Waals surface area contributed by atoms with Gasteiger partial charge in [-0.2, -0.15) is 0 Å². The summed E-state index contributed by atoms with van der Waals surface area (Å²) in [6.07, 6.45) is 7.31. The minimum atomic E-state index is 0.188. The van der Waals surface area contributed by atoms with Crippen molar-refractivity contribution < 1.29 is 0 Å². The molecule has 106 valence electrons. The Morgan fingerprint density at radius 2 is 1.74 bits per heavy atom. The van der Waals surface area contributed by atoms with Crippen molar-refractivity contribution in [2.75, 3.05) is 17.7 Å². The molecule has 1 fully saturated rings. The Balaban J connectivity index is 2.27. The van der Waals surface area contributed by atoms with Crippen molar-refractivity contribution in [3.63, 3.8) is 0 Å². The van der Waals surface area contributed by atoms with Gasteiger partial charge in [0.15, 0.2) is 0 Å². The molecule has 4 heteroatoms. The van der Waals surface area contributed by atoms with E-state index in [9.17, 15) is 0 Å². The zero-order valence-electron chi connectivity index (χ0n) is 12.6. The molecule has 1 saturated carbocycles.